The molecule has 180 valence electrons. The summed E-state index contributed by atoms with van der Waals surface area (Å²) in [6.45, 7) is 6.19. The van der Waals surface area contributed by atoms with Crippen LogP contribution in [0.2, 0.25) is 0 Å². The Hall–Kier alpha value is -2.01. The van der Waals surface area contributed by atoms with Crippen LogP contribution in [0, 0.1) is 0 Å². The first-order valence-electron chi connectivity index (χ1n) is 10.8. The van der Waals surface area contributed by atoms with E-state index in [1.54, 1.807) is 38.1 Å². The number of anilines is 1. The second-order valence-electron chi connectivity index (χ2n) is 7.76. The van der Waals surface area contributed by atoms with Gasteiger partial charge in [0.1, 0.15) is 5.75 Å². The van der Waals surface area contributed by atoms with Gasteiger partial charge in [-0.25, -0.2) is 13.1 Å². The molecule has 2 aromatic carbocycles. The van der Waals surface area contributed by atoms with Gasteiger partial charge in [0.2, 0.25) is 10.0 Å². The van der Waals surface area contributed by atoms with Crippen molar-refractivity contribution in [2.75, 3.05) is 11.9 Å². The van der Waals surface area contributed by atoms with Crippen LogP contribution >= 0.6 is 28.1 Å². The molecule has 0 aromatic heterocycles. The van der Waals surface area contributed by atoms with Gasteiger partial charge < -0.3 is 10.1 Å². The Morgan fingerprint density at radius 3 is 2.42 bits per heavy atom. The lowest BCUT2D eigenvalue weighted by Gasteiger charge is -2.14. The lowest BCUT2D eigenvalue weighted by Crippen LogP contribution is -2.34. The first kappa shape index (κ1) is 27.2. The van der Waals surface area contributed by atoms with Crippen molar-refractivity contribution in [3.8, 4) is 5.75 Å². The van der Waals surface area contributed by atoms with Crippen LogP contribution < -0.4 is 20.1 Å². The molecule has 0 aliphatic carbocycles. The van der Waals surface area contributed by atoms with Gasteiger partial charge in [0, 0.05) is 16.2 Å². The highest BCUT2D eigenvalue weighted by atomic mass is 79.9. The van der Waals surface area contributed by atoms with Crippen LogP contribution in [0.1, 0.15) is 56.8 Å². The maximum absolute atomic E-state index is 12.8. The number of sulfonamides is 1. The molecule has 33 heavy (non-hydrogen) atoms. The summed E-state index contributed by atoms with van der Waals surface area (Å²) in [5, 5.41) is 5.63. The number of unbranched alkanes of at least 4 members (excludes halogenated alkanes) is 3. The van der Waals surface area contributed by atoms with Crippen molar-refractivity contribution in [2.45, 2.75) is 57.4 Å². The smallest absolute Gasteiger partial charge is 0.261 e. The van der Waals surface area contributed by atoms with E-state index >= 15 is 0 Å². The molecule has 7 nitrogen and oxygen atoms in total. The van der Waals surface area contributed by atoms with Crippen LogP contribution in [-0.2, 0) is 10.0 Å². The minimum Gasteiger partial charge on any atom is -0.493 e. The molecule has 10 heteroatoms. The van der Waals surface area contributed by atoms with Gasteiger partial charge in [-0.1, -0.05) is 42.1 Å². The molecule has 1 amide bonds. The lowest BCUT2D eigenvalue weighted by atomic mass is 10.2. The third-order valence-corrected chi connectivity index (χ3v) is 6.85. The summed E-state index contributed by atoms with van der Waals surface area (Å²) in [6.07, 6.45) is 4.29. The zero-order chi connectivity index (χ0) is 24.4. The summed E-state index contributed by atoms with van der Waals surface area (Å²) >= 11 is 8.65. The predicted octanol–water partition coefficient (Wildman–Crippen LogP) is 5.22. The maximum Gasteiger partial charge on any atom is 0.261 e. The number of hydrogen-bond acceptors (Lipinski definition) is 5. The SMILES string of the molecule is CCCCCCOc1ccc(Br)cc1C(=O)NC(=S)Nc1ccc(S(=O)(=O)NC(C)C)cc1. The van der Waals surface area contributed by atoms with E-state index in [2.05, 4.69) is 38.2 Å². The van der Waals surface area contributed by atoms with Crippen LogP contribution in [-0.4, -0.2) is 32.1 Å². The summed E-state index contributed by atoms with van der Waals surface area (Å²) in [5.41, 5.74) is 0.913. The predicted molar refractivity (Wildman–Crippen MR) is 139 cm³/mol. The molecule has 0 saturated heterocycles. The summed E-state index contributed by atoms with van der Waals surface area (Å²) in [7, 11) is -3.58. The highest BCUT2D eigenvalue weighted by Crippen LogP contribution is 2.24. The Labute approximate surface area is 209 Å². The molecule has 0 spiro atoms. The number of amides is 1. The number of rotatable bonds is 11. The normalized spacial score (nSPS) is 11.3. The molecule has 0 aliphatic heterocycles. The maximum atomic E-state index is 12.8. The second kappa shape index (κ2) is 13.0. The Balaban J connectivity index is 2.00. The molecule has 0 fully saturated rings. The molecule has 2 aromatic rings. The molecule has 2 rings (SSSR count). The van der Waals surface area contributed by atoms with Crippen molar-refractivity contribution < 1.29 is 17.9 Å². The number of carbonyl (C=O) groups is 1. The molecule has 0 aliphatic rings. The highest BCUT2D eigenvalue weighted by Gasteiger charge is 2.17. The molecule has 0 heterocycles. The van der Waals surface area contributed by atoms with Crippen molar-refractivity contribution in [2.24, 2.45) is 0 Å². The summed E-state index contributed by atoms with van der Waals surface area (Å²) in [4.78, 5) is 13.0. The van der Waals surface area contributed by atoms with Gasteiger partial charge in [-0.3, -0.25) is 10.1 Å². The van der Waals surface area contributed by atoms with Gasteiger partial charge in [-0.2, -0.15) is 0 Å². The van der Waals surface area contributed by atoms with E-state index in [0.29, 0.717) is 23.6 Å². The molecular weight excluding hydrogens is 526 g/mol. The van der Waals surface area contributed by atoms with Gasteiger partial charge in [0.05, 0.1) is 17.1 Å². The third kappa shape index (κ3) is 9.04. The molecule has 0 unspecified atom stereocenters. The Bertz CT molecular complexity index is 1060. The van der Waals surface area contributed by atoms with Gasteiger partial charge in [0.15, 0.2) is 5.11 Å². The van der Waals surface area contributed by atoms with Crippen LogP contribution in [0.15, 0.2) is 51.8 Å². The lowest BCUT2D eigenvalue weighted by molar-refractivity contribution is 0.0973. The van der Waals surface area contributed by atoms with E-state index in [4.69, 9.17) is 17.0 Å². The van der Waals surface area contributed by atoms with E-state index in [0.717, 1.165) is 30.2 Å². The summed E-state index contributed by atoms with van der Waals surface area (Å²) in [5.74, 6) is 0.0832. The van der Waals surface area contributed by atoms with Crippen molar-refractivity contribution in [3.63, 3.8) is 0 Å². The fourth-order valence-electron chi connectivity index (χ4n) is 2.95. The number of benzene rings is 2. The Morgan fingerprint density at radius 1 is 1.09 bits per heavy atom. The van der Waals surface area contributed by atoms with Crippen molar-refractivity contribution in [1.29, 1.82) is 0 Å². The van der Waals surface area contributed by atoms with Crippen LogP contribution in [0.4, 0.5) is 5.69 Å². The highest BCUT2D eigenvalue weighted by molar-refractivity contribution is 9.10. The molecule has 0 bridgehead atoms. The standard InChI is InChI=1S/C23H30BrN3O4S2/c1-4-5-6-7-14-31-21-13-8-17(24)15-20(21)22(28)26-23(32)25-18-9-11-19(12-10-18)33(29,30)27-16(2)3/h8-13,15-16,27H,4-7,14H2,1-3H3,(H2,25,26,28,32). The van der Waals surface area contributed by atoms with Crippen molar-refractivity contribution >= 4 is 54.9 Å². The topological polar surface area (TPSA) is 96.5 Å². The van der Waals surface area contributed by atoms with Gasteiger partial charge in [-0.05, 0) is 75.0 Å². The summed E-state index contributed by atoms with van der Waals surface area (Å²) < 4.78 is 33.6. The van der Waals surface area contributed by atoms with E-state index in [1.807, 2.05) is 6.07 Å². The Kier molecular flexibility index (Phi) is 10.7. The number of ether oxygens (including phenoxy) is 1. The van der Waals surface area contributed by atoms with Gasteiger partial charge in [-0.15, -0.1) is 0 Å². The quantitative estimate of drug-likeness (QED) is 0.260. The van der Waals surface area contributed by atoms with E-state index in [9.17, 15) is 13.2 Å². The van der Waals surface area contributed by atoms with E-state index < -0.39 is 15.9 Å². The molecule has 0 atom stereocenters. The minimum absolute atomic E-state index is 0.0878. The number of hydrogen-bond donors (Lipinski definition) is 3. The molecule has 3 N–H and O–H groups in total. The average molecular weight is 557 g/mol. The number of halogens is 1. The molecular formula is C23H30BrN3O4S2. The fraction of sp³-hybridized carbons (Fsp3) is 0.391. The first-order chi connectivity index (χ1) is 15.6. The van der Waals surface area contributed by atoms with Crippen LogP contribution in [0.3, 0.4) is 0 Å². The van der Waals surface area contributed by atoms with Crippen LogP contribution in [0.5, 0.6) is 5.75 Å². The fourth-order valence-corrected chi connectivity index (χ4v) is 4.77. The number of carbonyl (C=O) groups excluding carboxylic acids is 1. The van der Waals surface area contributed by atoms with Gasteiger partial charge in [0.25, 0.3) is 5.91 Å². The average Bonchev–Trinajstić information content (AvgIpc) is 2.73. The molecule has 0 radical (unpaired) electrons. The zero-order valence-electron chi connectivity index (χ0n) is 19.0. The molecule has 0 saturated carbocycles. The monoisotopic (exact) mass is 555 g/mol. The Morgan fingerprint density at radius 2 is 1.79 bits per heavy atom. The second-order valence-corrected chi connectivity index (χ2v) is 10.8. The largest absolute Gasteiger partial charge is 0.493 e. The first-order valence-corrected chi connectivity index (χ1v) is 13.5. The van der Waals surface area contributed by atoms with E-state index in [1.165, 1.54) is 12.1 Å². The van der Waals surface area contributed by atoms with Gasteiger partial charge >= 0.3 is 0 Å². The zero-order valence-corrected chi connectivity index (χ0v) is 22.2. The van der Waals surface area contributed by atoms with E-state index in [-0.39, 0.29) is 16.0 Å². The third-order valence-electron chi connectivity index (χ3n) is 4.48. The summed E-state index contributed by atoms with van der Waals surface area (Å²) in [6, 6.07) is 11.1. The minimum atomic E-state index is -3.58. The number of nitrogens with one attached hydrogen (secondary N) is 3. The number of thiocarbonyl (C=S) groups is 1. The van der Waals surface area contributed by atoms with Crippen LogP contribution in [0.25, 0.3) is 0 Å². The van der Waals surface area contributed by atoms with Crippen molar-refractivity contribution in [3.05, 3.63) is 52.5 Å². The van der Waals surface area contributed by atoms with Crippen molar-refractivity contribution in [1.82, 2.24) is 10.0 Å².